The molecule has 28 heavy (non-hydrogen) atoms. The number of halogens is 1. The van der Waals surface area contributed by atoms with Crippen molar-refractivity contribution in [1.82, 2.24) is 0 Å². The van der Waals surface area contributed by atoms with Gasteiger partial charge in [0.25, 0.3) is 15.9 Å². The lowest BCUT2D eigenvalue weighted by Gasteiger charge is -2.12. The molecule has 0 radical (unpaired) electrons. The standard InChI is InChI=1S/C21H19ClN2O3S/c1-14-6-9-17(10-7-14)24-28(26,27)20-13-16(8-11-19(20)22)21(25)23-18-5-3-4-15(2)12-18/h3-13,24H,1-2H3,(H,23,25). The molecule has 2 N–H and O–H groups in total. The third kappa shape index (κ3) is 4.71. The Hall–Kier alpha value is -2.83. The van der Waals surface area contributed by atoms with Crippen molar-refractivity contribution in [2.45, 2.75) is 18.7 Å². The Kier molecular flexibility index (Phi) is 5.72. The average molecular weight is 415 g/mol. The van der Waals surface area contributed by atoms with Crippen LogP contribution in [0.1, 0.15) is 21.5 Å². The maximum Gasteiger partial charge on any atom is 0.263 e. The Morgan fingerprint density at radius 2 is 1.57 bits per heavy atom. The third-order valence-electron chi connectivity index (χ3n) is 4.06. The van der Waals surface area contributed by atoms with Gasteiger partial charge in [-0.05, 0) is 61.9 Å². The van der Waals surface area contributed by atoms with Crippen LogP contribution in [0.4, 0.5) is 11.4 Å². The van der Waals surface area contributed by atoms with Gasteiger partial charge in [-0.15, -0.1) is 0 Å². The zero-order chi connectivity index (χ0) is 20.3. The van der Waals surface area contributed by atoms with E-state index >= 15 is 0 Å². The van der Waals surface area contributed by atoms with Gasteiger partial charge in [0.1, 0.15) is 4.90 Å². The zero-order valence-electron chi connectivity index (χ0n) is 15.4. The van der Waals surface area contributed by atoms with Gasteiger partial charge in [0, 0.05) is 16.9 Å². The van der Waals surface area contributed by atoms with Gasteiger partial charge in [-0.25, -0.2) is 8.42 Å². The van der Waals surface area contributed by atoms with Gasteiger partial charge in [-0.1, -0.05) is 41.4 Å². The summed E-state index contributed by atoms with van der Waals surface area (Å²) in [4.78, 5) is 12.4. The first-order valence-corrected chi connectivity index (χ1v) is 10.4. The number of aryl methyl sites for hydroxylation is 2. The van der Waals surface area contributed by atoms with Crippen LogP contribution in [0.25, 0.3) is 0 Å². The number of carbonyl (C=O) groups excluding carboxylic acids is 1. The predicted octanol–water partition coefficient (Wildman–Crippen LogP) is 5.01. The van der Waals surface area contributed by atoms with E-state index in [0.29, 0.717) is 11.4 Å². The average Bonchev–Trinajstić information content (AvgIpc) is 2.63. The molecule has 0 aliphatic carbocycles. The van der Waals surface area contributed by atoms with Crippen LogP contribution in [0.2, 0.25) is 5.02 Å². The first-order valence-electron chi connectivity index (χ1n) is 8.52. The number of hydrogen-bond acceptors (Lipinski definition) is 3. The second-order valence-electron chi connectivity index (χ2n) is 6.44. The summed E-state index contributed by atoms with van der Waals surface area (Å²) in [5.41, 5.74) is 3.24. The summed E-state index contributed by atoms with van der Waals surface area (Å²) in [6, 6.07) is 18.4. The van der Waals surface area contributed by atoms with Crippen molar-refractivity contribution < 1.29 is 13.2 Å². The Labute approximate surface area is 169 Å². The summed E-state index contributed by atoms with van der Waals surface area (Å²) in [7, 11) is -3.95. The number of nitrogens with one attached hydrogen (secondary N) is 2. The van der Waals surface area contributed by atoms with Crippen molar-refractivity contribution in [1.29, 1.82) is 0 Å². The number of amides is 1. The molecule has 5 nitrogen and oxygen atoms in total. The SMILES string of the molecule is Cc1ccc(NS(=O)(=O)c2cc(C(=O)Nc3cccc(C)c3)ccc2Cl)cc1. The molecule has 0 atom stereocenters. The van der Waals surface area contributed by atoms with E-state index in [1.165, 1.54) is 18.2 Å². The molecule has 0 fully saturated rings. The summed E-state index contributed by atoms with van der Waals surface area (Å²) in [6.45, 7) is 3.82. The Morgan fingerprint density at radius 3 is 2.25 bits per heavy atom. The van der Waals surface area contributed by atoms with E-state index in [0.717, 1.165) is 11.1 Å². The van der Waals surface area contributed by atoms with E-state index in [1.807, 2.05) is 32.0 Å². The van der Waals surface area contributed by atoms with E-state index in [1.54, 1.807) is 30.3 Å². The van der Waals surface area contributed by atoms with Crippen LogP contribution in [-0.4, -0.2) is 14.3 Å². The first-order chi connectivity index (χ1) is 13.2. The number of anilines is 2. The van der Waals surface area contributed by atoms with Crippen molar-refractivity contribution in [2.24, 2.45) is 0 Å². The second-order valence-corrected chi connectivity index (χ2v) is 8.50. The highest BCUT2D eigenvalue weighted by molar-refractivity contribution is 7.92. The highest BCUT2D eigenvalue weighted by Gasteiger charge is 2.20. The molecule has 0 spiro atoms. The minimum Gasteiger partial charge on any atom is -0.322 e. The molecule has 0 bridgehead atoms. The van der Waals surface area contributed by atoms with Gasteiger partial charge in [0.05, 0.1) is 5.02 Å². The first kappa shape index (κ1) is 19.9. The van der Waals surface area contributed by atoms with E-state index < -0.39 is 15.9 Å². The van der Waals surface area contributed by atoms with Crippen molar-refractivity contribution in [3.8, 4) is 0 Å². The minimum atomic E-state index is -3.95. The molecule has 144 valence electrons. The number of rotatable bonds is 5. The fraction of sp³-hybridized carbons (Fsp3) is 0.0952. The summed E-state index contributed by atoms with van der Waals surface area (Å²) in [5.74, 6) is -0.422. The number of benzene rings is 3. The highest BCUT2D eigenvalue weighted by Crippen LogP contribution is 2.26. The third-order valence-corrected chi connectivity index (χ3v) is 5.93. The molecule has 3 rings (SSSR count). The summed E-state index contributed by atoms with van der Waals surface area (Å²) in [6.07, 6.45) is 0. The minimum absolute atomic E-state index is 0.0340. The molecular weight excluding hydrogens is 396 g/mol. The van der Waals surface area contributed by atoms with Crippen LogP contribution in [0.5, 0.6) is 0 Å². The van der Waals surface area contributed by atoms with E-state index in [9.17, 15) is 13.2 Å². The molecule has 3 aromatic rings. The molecule has 3 aromatic carbocycles. The lowest BCUT2D eigenvalue weighted by molar-refractivity contribution is 0.102. The fourth-order valence-electron chi connectivity index (χ4n) is 2.61. The normalized spacial score (nSPS) is 11.1. The molecule has 0 aliphatic rings. The van der Waals surface area contributed by atoms with Gasteiger partial charge in [-0.2, -0.15) is 0 Å². The molecule has 7 heteroatoms. The van der Waals surface area contributed by atoms with Crippen LogP contribution in [0, 0.1) is 13.8 Å². The molecule has 0 aromatic heterocycles. The van der Waals surface area contributed by atoms with E-state index in [-0.39, 0.29) is 15.5 Å². The van der Waals surface area contributed by atoms with Crippen molar-refractivity contribution >= 4 is 38.9 Å². The monoisotopic (exact) mass is 414 g/mol. The van der Waals surface area contributed by atoms with Crippen LogP contribution in [-0.2, 0) is 10.0 Å². The van der Waals surface area contributed by atoms with E-state index in [2.05, 4.69) is 10.0 Å². The van der Waals surface area contributed by atoms with Crippen LogP contribution >= 0.6 is 11.6 Å². The molecule has 0 heterocycles. The molecule has 0 saturated carbocycles. The Balaban J connectivity index is 1.87. The lowest BCUT2D eigenvalue weighted by atomic mass is 10.2. The smallest absolute Gasteiger partial charge is 0.263 e. The summed E-state index contributed by atoms with van der Waals surface area (Å²) >= 11 is 6.11. The predicted molar refractivity (Wildman–Crippen MR) is 113 cm³/mol. The van der Waals surface area contributed by atoms with Crippen LogP contribution < -0.4 is 10.0 Å². The van der Waals surface area contributed by atoms with Gasteiger partial charge in [-0.3, -0.25) is 9.52 Å². The maximum atomic E-state index is 12.8. The quantitative estimate of drug-likeness (QED) is 0.616. The molecule has 0 saturated heterocycles. The molecule has 1 amide bonds. The lowest BCUT2D eigenvalue weighted by Crippen LogP contribution is -2.16. The summed E-state index contributed by atoms with van der Waals surface area (Å²) < 4.78 is 28.0. The largest absolute Gasteiger partial charge is 0.322 e. The van der Waals surface area contributed by atoms with Gasteiger partial charge < -0.3 is 5.32 Å². The zero-order valence-corrected chi connectivity index (χ0v) is 16.9. The topological polar surface area (TPSA) is 75.3 Å². The van der Waals surface area contributed by atoms with Gasteiger partial charge in [0.2, 0.25) is 0 Å². The van der Waals surface area contributed by atoms with Gasteiger partial charge >= 0.3 is 0 Å². The van der Waals surface area contributed by atoms with Crippen molar-refractivity contribution in [3.05, 3.63) is 88.4 Å². The molecule has 0 unspecified atom stereocenters. The number of hydrogen-bond donors (Lipinski definition) is 2. The Morgan fingerprint density at radius 1 is 0.857 bits per heavy atom. The summed E-state index contributed by atoms with van der Waals surface area (Å²) in [5, 5.41) is 2.79. The van der Waals surface area contributed by atoms with Gasteiger partial charge in [0.15, 0.2) is 0 Å². The van der Waals surface area contributed by atoms with Crippen LogP contribution in [0.15, 0.2) is 71.6 Å². The maximum absolute atomic E-state index is 12.8. The van der Waals surface area contributed by atoms with Crippen LogP contribution in [0.3, 0.4) is 0 Å². The van der Waals surface area contributed by atoms with Crippen molar-refractivity contribution in [3.63, 3.8) is 0 Å². The second kappa shape index (κ2) is 8.04. The van der Waals surface area contributed by atoms with E-state index in [4.69, 9.17) is 11.6 Å². The van der Waals surface area contributed by atoms with Crippen molar-refractivity contribution in [2.75, 3.05) is 10.0 Å². The molecular formula is C21H19ClN2O3S. The highest BCUT2D eigenvalue weighted by atomic mass is 35.5. The Bertz CT molecular complexity index is 1130. The fourth-order valence-corrected chi connectivity index (χ4v) is 4.19. The molecule has 0 aliphatic heterocycles. The number of sulfonamides is 1. The number of carbonyl (C=O) groups is 1.